The molecule has 0 saturated carbocycles. The topological polar surface area (TPSA) is 24.7 Å². The van der Waals surface area contributed by atoms with Gasteiger partial charge < -0.3 is 0 Å². The Morgan fingerprint density at radius 3 is 1.89 bits per heavy atom. The lowest BCUT2D eigenvalue weighted by molar-refractivity contribution is 1.22. The van der Waals surface area contributed by atoms with Crippen molar-refractivity contribution >= 4 is 28.6 Å². The summed E-state index contributed by atoms with van der Waals surface area (Å²) in [5.74, 6) is 0. The molecule has 0 fully saturated rings. The van der Waals surface area contributed by atoms with Crippen molar-refractivity contribution < 1.29 is 0 Å². The zero-order valence-corrected chi connectivity index (χ0v) is 15.8. The first-order chi connectivity index (χ1) is 13.2. The van der Waals surface area contributed by atoms with Crippen molar-refractivity contribution in [3.8, 4) is 0 Å². The minimum Gasteiger partial charge on any atom is -0.154 e. The van der Waals surface area contributed by atoms with Crippen LogP contribution < -0.4 is 0 Å². The molecule has 0 aliphatic carbocycles. The zero-order valence-electron chi connectivity index (χ0n) is 15.1. The standard InChI is InChI=1S/C24H19ClN2/c1-17-22(18-8-4-2-5-9-18)16-23(19-12-14-21(25)15-13-19)26-27-24(17)20-10-6-3-7-11-20/h2-15H,16H2,1H3. The third kappa shape index (κ3) is 3.76. The molecule has 0 N–H and O–H groups in total. The van der Waals surface area contributed by atoms with Gasteiger partial charge in [0.2, 0.25) is 0 Å². The molecular formula is C24H19ClN2. The summed E-state index contributed by atoms with van der Waals surface area (Å²) in [5, 5.41) is 9.99. The van der Waals surface area contributed by atoms with Crippen molar-refractivity contribution in [3.05, 3.63) is 112 Å². The Bertz CT molecular complexity index is 988. The van der Waals surface area contributed by atoms with Crippen LogP contribution in [0.3, 0.4) is 0 Å². The molecule has 1 aliphatic rings. The van der Waals surface area contributed by atoms with Gasteiger partial charge in [-0.3, -0.25) is 0 Å². The Labute approximate surface area is 164 Å². The average molecular weight is 371 g/mol. The van der Waals surface area contributed by atoms with Crippen molar-refractivity contribution in [3.63, 3.8) is 0 Å². The van der Waals surface area contributed by atoms with Crippen molar-refractivity contribution in [2.24, 2.45) is 10.2 Å². The fourth-order valence-corrected chi connectivity index (χ4v) is 3.42. The fourth-order valence-electron chi connectivity index (χ4n) is 3.29. The lowest BCUT2D eigenvalue weighted by Crippen LogP contribution is -2.05. The summed E-state index contributed by atoms with van der Waals surface area (Å²) in [6.45, 7) is 2.13. The molecule has 0 saturated heterocycles. The van der Waals surface area contributed by atoms with Crippen LogP contribution in [0.5, 0.6) is 0 Å². The molecule has 132 valence electrons. The summed E-state index contributed by atoms with van der Waals surface area (Å²) in [7, 11) is 0. The van der Waals surface area contributed by atoms with Gasteiger partial charge in [-0.05, 0) is 41.3 Å². The second kappa shape index (κ2) is 7.73. The van der Waals surface area contributed by atoms with E-state index in [1.807, 2.05) is 48.5 Å². The molecule has 0 unspecified atom stereocenters. The Kier molecular flexibility index (Phi) is 4.99. The van der Waals surface area contributed by atoms with Crippen LogP contribution in [-0.2, 0) is 0 Å². The largest absolute Gasteiger partial charge is 0.154 e. The molecule has 2 nitrogen and oxygen atoms in total. The predicted octanol–water partition coefficient (Wildman–Crippen LogP) is 6.41. The van der Waals surface area contributed by atoms with E-state index in [0.29, 0.717) is 0 Å². The van der Waals surface area contributed by atoms with E-state index in [1.165, 1.54) is 11.1 Å². The summed E-state index contributed by atoms with van der Waals surface area (Å²) < 4.78 is 0. The second-order valence-electron chi connectivity index (χ2n) is 6.51. The van der Waals surface area contributed by atoms with Crippen LogP contribution >= 0.6 is 11.6 Å². The van der Waals surface area contributed by atoms with E-state index >= 15 is 0 Å². The first-order valence-electron chi connectivity index (χ1n) is 8.94. The van der Waals surface area contributed by atoms with Crippen LogP contribution in [0.4, 0.5) is 0 Å². The molecule has 3 aromatic carbocycles. The van der Waals surface area contributed by atoms with Gasteiger partial charge in [0, 0.05) is 17.0 Å². The molecule has 4 rings (SSSR count). The molecule has 27 heavy (non-hydrogen) atoms. The Morgan fingerprint density at radius 2 is 1.26 bits per heavy atom. The van der Waals surface area contributed by atoms with Crippen LogP contribution in [-0.4, -0.2) is 11.4 Å². The van der Waals surface area contributed by atoms with Gasteiger partial charge >= 0.3 is 0 Å². The maximum atomic E-state index is 6.06. The van der Waals surface area contributed by atoms with Crippen molar-refractivity contribution in [1.29, 1.82) is 0 Å². The number of hydrogen-bond acceptors (Lipinski definition) is 2. The van der Waals surface area contributed by atoms with Gasteiger partial charge in [0.25, 0.3) is 0 Å². The first kappa shape index (κ1) is 17.4. The minimum atomic E-state index is 0.719. The Morgan fingerprint density at radius 1 is 0.667 bits per heavy atom. The molecule has 3 heteroatoms. The normalized spacial score (nSPS) is 14.4. The highest BCUT2D eigenvalue weighted by molar-refractivity contribution is 6.30. The van der Waals surface area contributed by atoms with Gasteiger partial charge in [0.05, 0.1) is 11.4 Å². The molecule has 3 aromatic rings. The third-order valence-corrected chi connectivity index (χ3v) is 5.02. The molecule has 0 spiro atoms. The second-order valence-corrected chi connectivity index (χ2v) is 6.95. The Balaban J connectivity index is 1.87. The highest BCUT2D eigenvalue weighted by atomic mass is 35.5. The predicted molar refractivity (Wildman–Crippen MR) is 115 cm³/mol. The van der Waals surface area contributed by atoms with Gasteiger partial charge in [0.1, 0.15) is 0 Å². The minimum absolute atomic E-state index is 0.719. The van der Waals surface area contributed by atoms with Crippen LogP contribution in [0.25, 0.3) is 5.57 Å². The third-order valence-electron chi connectivity index (χ3n) is 4.77. The van der Waals surface area contributed by atoms with E-state index in [2.05, 4.69) is 53.5 Å². The van der Waals surface area contributed by atoms with Crippen molar-refractivity contribution in [2.45, 2.75) is 13.3 Å². The summed E-state index contributed by atoms with van der Waals surface area (Å²) in [6, 6.07) is 28.5. The maximum Gasteiger partial charge on any atom is 0.0961 e. The molecule has 0 atom stereocenters. The molecule has 0 aromatic heterocycles. The number of benzene rings is 3. The average Bonchev–Trinajstić information content (AvgIpc) is 2.89. The number of rotatable bonds is 3. The van der Waals surface area contributed by atoms with Crippen LogP contribution in [0.15, 0.2) is 101 Å². The van der Waals surface area contributed by atoms with E-state index in [4.69, 9.17) is 11.6 Å². The highest BCUT2D eigenvalue weighted by Gasteiger charge is 2.19. The van der Waals surface area contributed by atoms with Gasteiger partial charge in [-0.15, -0.1) is 5.10 Å². The van der Waals surface area contributed by atoms with Gasteiger partial charge in [-0.1, -0.05) is 84.4 Å². The molecular weight excluding hydrogens is 352 g/mol. The lowest BCUT2D eigenvalue weighted by atomic mass is 9.90. The number of halogens is 1. The molecule has 0 radical (unpaired) electrons. The summed E-state index contributed by atoms with van der Waals surface area (Å²) in [5.41, 5.74) is 7.56. The number of allylic oxidation sites excluding steroid dienone is 2. The van der Waals surface area contributed by atoms with Crippen LogP contribution in [0.2, 0.25) is 5.02 Å². The summed E-state index contributed by atoms with van der Waals surface area (Å²) >= 11 is 6.06. The van der Waals surface area contributed by atoms with E-state index in [1.54, 1.807) is 0 Å². The zero-order chi connectivity index (χ0) is 18.6. The number of nitrogens with zero attached hydrogens (tertiary/aromatic N) is 2. The summed E-state index contributed by atoms with van der Waals surface area (Å²) in [4.78, 5) is 0. The number of hydrogen-bond donors (Lipinski definition) is 0. The first-order valence-corrected chi connectivity index (χ1v) is 9.31. The van der Waals surface area contributed by atoms with Crippen LogP contribution in [0, 0.1) is 0 Å². The van der Waals surface area contributed by atoms with Crippen molar-refractivity contribution in [1.82, 2.24) is 0 Å². The highest BCUT2D eigenvalue weighted by Crippen LogP contribution is 2.29. The molecule has 1 heterocycles. The molecule has 0 amide bonds. The lowest BCUT2D eigenvalue weighted by Gasteiger charge is -2.13. The monoisotopic (exact) mass is 370 g/mol. The van der Waals surface area contributed by atoms with E-state index in [9.17, 15) is 0 Å². The SMILES string of the molecule is CC1=C(c2ccccc2)CC(c2ccc(Cl)cc2)=NN=C1c1ccccc1. The summed E-state index contributed by atoms with van der Waals surface area (Å²) in [6.07, 6.45) is 0.720. The van der Waals surface area contributed by atoms with Crippen LogP contribution in [0.1, 0.15) is 30.0 Å². The van der Waals surface area contributed by atoms with E-state index in [0.717, 1.165) is 39.6 Å². The van der Waals surface area contributed by atoms with Gasteiger partial charge in [-0.25, -0.2) is 0 Å². The van der Waals surface area contributed by atoms with Gasteiger partial charge in [0.15, 0.2) is 0 Å². The van der Waals surface area contributed by atoms with E-state index < -0.39 is 0 Å². The Hall–Kier alpha value is -2.97. The fraction of sp³-hybridized carbons (Fsp3) is 0.0833. The quantitative estimate of drug-likeness (QED) is 0.508. The maximum absolute atomic E-state index is 6.06. The van der Waals surface area contributed by atoms with Gasteiger partial charge in [-0.2, -0.15) is 5.10 Å². The molecule has 0 bridgehead atoms. The van der Waals surface area contributed by atoms with E-state index in [-0.39, 0.29) is 0 Å². The smallest absolute Gasteiger partial charge is 0.0961 e. The van der Waals surface area contributed by atoms with Crippen molar-refractivity contribution in [2.75, 3.05) is 0 Å². The molecule has 1 aliphatic heterocycles.